The zero-order valence-corrected chi connectivity index (χ0v) is 10.7. The zero-order valence-electron chi connectivity index (χ0n) is 9.99. The molecule has 1 aromatic heterocycles. The first-order valence-electron chi connectivity index (χ1n) is 5.94. The molecule has 1 aromatic carbocycles. The van der Waals surface area contributed by atoms with Crippen LogP contribution >= 0.6 is 11.6 Å². The van der Waals surface area contributed by atoms with Crippen LogP contribution < -0.4 is 0 Å². The highest BCUT2D eigenvalue weighted by atomic mass is 35.5. The van der Waals surface area contributed by atoms with E-state index >= 15 is 0 Å². The largest absolute Gasteiger partial charge is 0.396 e. The van der Waals surface area contributed by atoms with Crippen molar-refractivity contribution in [1.29, 1.82) is 0 Å². The Balaban J connectivity index is 2.15. The molecular formula is C13H17ClN2O. The minimum atomic E-state index is 0.276. The maximum absolute atomic E-state index is 8.73. The normalized spacial score (nSPS) is 11.2. The fraction of sp³-hybridized carbons (Fsp3) is 0.462. The molecule has 0 atom stereocenters. The van der Waals surface area contributed by atoms with Crippen LogP contribution in [0.4, 0.5) is 0 Å². The molecule has 2 aromatic rings. The van der Waals surface area contributed by atoms with Crippen LogP contribution in [0, 0.1) is 0 Å². The molecule has 3 nitrogen and oxygen atoms in total. The van der Waals surface area contributed by atoms with E-state index in [9.17, 15) is 0 Å². The van der Waals surface area contributed by atoms with Gasteiger partial charge in [-0.05, 0) is 31.0 Å². The van der Waals surface area contributed by atoms with Gasteiger partial charge in [-0.2, -0.15) is 0 Å². The lowest BCUT2D eigenvalue weighted by molar-refractivity contribution is 0.283. The number of aliphatic hydroxyl groups is 1. The Bertz CT molecular complexity index is 507. The topological polar surface area (TPSA) is 38.0 Å². The van der Waals surface area contributed by atoms with Crippen molar-refractivity contribution in [2.24, 2.45) is 7.05 Å². The number of benzene rings is 1. The molecule has 0 unspecified atom stereocenters. The molecule has 0 amide bonds. The zero-order chi connectivity index (χ0) is 12.3. The number of aryl methyl sites for hydroxylation is 2. The van der Waals surface area contributed by atoms with E-state index in [1.807, 2.05) is 25.2 Å². The Kier molecular flexibility index (Phi) is 4.02. The third-order valence-corrected chi connectivity index (χ3v) is 3.23. The smallest absolute Gasteiger partial charge is 0.109 e. The van der Waals surface area contributed by atoms with E-state index in [4.69, 9.17) is 16.7 Å². The van der Waals surface area contributed by atoms with Gasteiger partial charge in [0.15, 0.2) is 0 Å². The predicted molar refractivity (Wildman–Crippen MR) is 70.4 cm³/mol. The number of fused-ring (bicyclic) bond motifs is 1. The lowest BCUT2D eigenvalue weighted by atomic mass is 10.2. The molecule has 0 bridgehead atoms. The van der Waals surface area contributed by atoms with Gasteiger partial charge in [-0.1, -0.05) is 18.0 Å². The first kappa shape index (κ1) is 12.4. The lowest BCUT2D eigenvalue weighted by Gasteiger charge is -2.02. The molecule has 0 aliphatic rings. The van der Waals surface area contributed by atoms with Crippen LogP contribution in [-0.4, -0.2) is 21.3 Å². The number of hydrogen-bond donors (Lipinski definition) is 1. The maximum atomic E-state index is 8.73. The Morgan fingerprint density at radius 3 is 2.88 bits per heavy atom. The van der Waals surface area contributed by atoms with Crippen molar-refractivity contribution in [3.63, 3.8) is 0 Å². The highest BCUT2D eigenvalue weighted by Crippen LogP contribution is 2.20. The Morgan fingerprint density at radius 2 is 2.12 bits per heavy atom. The van der Waals surface area contributed by atoms with Crippen LogP contribution in [0.1, 0.15) is 25.1 Å². The van der Waals surface area contributed by atoms with Crippen molar-refractivity contribution in [1.82, 2.24) is 9.55 Å². The number of hydrogen-bond acceptors (Lipinski definition) is 2. The summed E-state index contributed by atoms with van der Waals surface area (Å²) in [5, 5.41) is 9.47. The monoisotopic (exact) mass is 252 g/mol. The Labute approximate surface area is 106 Å². The molecule has 4 heteroatoms. The van der Waals surface area contributed by atoms with Crippen molar-refractivity contribution in [3.8, 4) is 0 Å². The van der Waals surface area contributed by atoms with E-state index < -0.39 is 0 Å². The van der Waals surface area contributed by atoms with Gasteiger partial charge in [-0.3, -0.25) is 0 Å². The predicted octanol–water partition coefficient (Wildman–Crippen LogP) is 2.93. The molecule has 1 heterocycles. The summed E-state index contributed by atoms with van der Waals surface area (Å²) in [6.45, 7) is 0.276. The van der Waals surface area contributed by atoms with E-state index in [0.29, 0.717) is 0 Å². The van der Waals surface area contributed by atoms with Gasteiger partial charge in [-0.15, -0.1) is 0 Å². The second-order valence-corrected chi connectivity index (χ2v) is 4.69. The lowest BCUT2D eigenvalue weighted by Crippen LogP contribution is -1.98. The van der Waals surface area contributed by atoms with E-state index in [2.05, 4.69) is 9.55 Å². The number of imidazole rings is 1. The third kappa shape index (κ3) is 2.79. The molecule has 1 N–H and O–H groups in total. The average Bonchev–Trinajstić information content (AvgIpc) is 2.62. The molecule has 17 heavy (non-hydrogen) atoms. The van der Waals surface area contributed by atoms with Gasteiger partial charge in [0.25, 0.3) is 0 Å². The van der Waals surface area contributed by atoms with E-state index in [1.165, 1.54) is 0 Å². The molecule has 0 aliphatic heterocycles. The van der Waals surface area contributed by atoms with Crippen molar-refractivity contribution >= 4 is 22.6 Å². The van der Waals surface area contributed by atoms with Gasteiger partial charge in [-0.25, -0.2) is 4.98 Å². The van der Waals surface area contributed by atoms with Gasteiger partial charge >= 0.3 is 0 Å². The molecule has 0 radical (unpaired) electrons. The number of unbranched alkanes of at least 4 members (excludes halogenated alkanes) is 2. The third-order valence-electron chi connectivity index (χ3n) is 2.99. The van der Waals surface area contributed by atoms with E-state index in [0.717, 1.165) is 47.6 Å². The highest BCUT2D eigenvalue weighted by molar-refractivity contribution is 6.31. The second-order valence-electron chi connectivity index (χ2n) is 4.25. The number of nitrogens with zero attached hydrogens (tertiary/aromatic N) is 2. The first-order chi connectivity index (χ1) is 8.22. The van der Waals surface area contributed by atoms with Gasteiger partial charge in [0.05, 0.1) is 11.0 Å². The SMILES string of the molecule is Cn1c(CCCCCO)nc2ccc(Cl)cc21. The first-order valence-corrected chi connectivity index (χ1v) is 6.32. The summed E-state index contributed by atoms with van der Waals surface area (Å²) < 4.78 is 2.10. The van der Waals surface area contributed by atoms with Crippen LogP contribution in [-0.2, 0) is 13.5 Å². The van der Waals surface area contributed by atoms with Crippen molar-refractivity contribution in [2.75, 3.05) is 6.61 Å². The highest BCUT2D eigenvalue weighted by Gasteiger charge is 2.07. The summed E-state index contributed by atoms with van der Waals surface area (Å²) in [6, 6.07) is 5.77. The van der Waals surface area contributed by atoms with Gasteiger partial charge in [0, 0.05) is 25.1 Å². The Hall–Kier alpha value is -1.06. The molecule has 0 fully saturated rings. The quantitative estimate of drug-likeness (QED) is 0.831. The summed E-state index contributed by atoms with van der Waals surface area (Å²) in [5.41, 5.74) is 2.07. The summed E-state index contributed by atoms with van der Waals surface area (Å²) in [6.07, 6.45) is 3.92. The van der Waals surface area contributed by atoms with Gasteiger partial charge < -0.3 is 9.67 Å². The maximum Gasteiger partial charge on any atom is 0.109 e. The fourth-order valence-corrected chi connectivity index (χ4v) is 2.17. The van der Waals surface area contributed by atoms with E-state index in [-0.39, 0.29) is 6.61 Å². The Morgan fingerprint density at radius 1 is 1.29 bits per heavy atom. The molecule has 0 spiro atoms. The molecule has 0 aliphatic carbocycles. The van der Waals surface area contributed by atoms with Crippen molar-refractivity contribution in [2.45, 2.75) is 25.7 Å². The second kappa shape index (κ2) is 5.52. The number of aromatic nitrogens is 2. The molecule has 0 saturated heterocycles. The summed E-state index contributed by atoms with van der Waals surface area (Å²) in [5.74, 6) is 1.08. The van der Waals surface area contributed by atoms with Crippen LogP contribution in [0.5, 0.6) is 0 Å². The average molecular weight is 253 g/mol. The number of halogens is 1. The number of rotatable bonds is 5. The van der Waals surface area contributed by atoms with Crippen LogP contribution in [0.3, 0.4) is 0 Å². The van der Waals surface area contributed by atoms with Crippen LogP contribution in [0.2, 0.25) is 5.02 Å². The standard InChI is InChI=1S/C13H17ClN2O/c1-16-12-9-10(14)6-7-11(12)15-13(16)5-3-2-4-8-17/h6-7,9,17H,2-5,8H2,1H3. The minimum absolute atomic E-state index is 0.276. The summed E-state index contributed by atoms with van der Waals surface area (Å²) in [7, 11) is 2.02. The molecule has 0 saturated carbocycles. The summed E-state index contributed by atoms with van der Waals surface area (Å²) in [4.78, 5) is 4.59. The van der Waals surface area contributed by atoms with Gasteiger partial charge in [0.1, 0.15) is 5.82 Å². The van der Waals surface area contributed by atoms with Crippen LogP contribution in [0.25, 0.3) is 11.0 Å². The van der Waals surface area contributed by atoms with E-state index in [1.54, 1.807) is 0 Å². The van der Waals surface area contributed by atoms with Crippen LogP contribution in [0.15, 0.2) is 18.2 Å². The molecule has 92 valence electrons. The number of aliphatic hydroxyl groups excluding tert-OH is 1. The molecule has 2 rings (SSSR count). The minimum Gasteiger partial charge on any atom is -0.396 e. The fourth-order valence-electron chi connectivity index (χ4n) is 2.01. The summed E-state index contributed by atoms with van der Waals surface area (Å²) >= 11 is 5.98. The van der Waals surface area contributed by atoms with Crippen molar-refractivity contribution in [3.05, 3.63) is 29.0 Å². The molecular weight excluding hydrogens is 236 g/mol. The van der Waals surface area contributed by atoms with Gasteiger partial charge in [0.2, 0.25) is 0 Å². The van der Waals surface area contributed by atoms with Crippen molar-refractivity contribution < 1.29 is 5.11 Å².